The van der Waals surface area contributed by atoms with E-state index in [1.54, 1.807) is 0 Å². The molecule has 0 saturated heterocycles. The lowest BCUT2D eigenvalue weighted by atomic mass is 10.1. The van der Waals surface area contributed by atoms with Gasteiger partial charge in [0.15, 0.2) is 0 Å². The van der Waals surface area contributed by atoms with E-state index in [4.69, 9.17) is 5.73 Å². The summed E-state index contributed by atoms with van der Waals surface area (Å²) >= 11 is 0. The number of hydrogen-bond acceptors (Lipinski definition) is 1. The Balaban J connectivity index is 3.32. The van der Waals surface area contributed by atoms with Crippen molar-refractivity contribution in [1.29, 1.82) is 0 Å². The van der Waals surface area contributed by atoms with Gasteiger partial charge in [0, 0.05) is 0 Å². The highest BCUT2D eigenvalue weighted by atomic mass is 19.1. The highest BCUT2D eigenvalue weighted by Gasteiger charge is 2.14. The minimum absolute atomic E-state index is 0.366. The van der Waals surface area contributed by atoms with Crippen molar-refractivity contribution in [3.05, 3.63) is 0 Å². The van der Waals surface area contributed by atoms with Gasteiger partial charge in [0.1, 0.15) is 12.8 Å². The Labute approximate surface area is 54.2 Å². The van der Waals surface area contributed by atoms with Crippen molar-refractivity contribution in [2.45, 2.75) is 32.0 Å². The summed E-state index contributed by atoms with van der Waals surface area (Å²) in [6, 6.07) is -0.912. The molecule has 56 valence electrons. The van der Waals surface area contributed by atoms with Crippen LogP contribution in [0.1, 0.15) is 19.8 Å². The minimum atomic E-state index is -1.17. The third-order valence-corrected chi connectivity index (χ3v) is 1.21. The van der Waals surface area contributed by atoms with Crippen LogP contribution in [-0.2, 0) is 0 Å². The van der Waals surface area contributed by atoms with Gasteiger partial charge in [0.05, 0.1) is 6.04 Å². The summed E-state index contributed by atoms with van der Waals surface area (Å²) < 4.78 is 24.0. The van der Waals surface area contributed by atoms with Crippen LogP contribution in [-0.4, -0.2) is 18.9 Å². The Hall–Kier alpha value is -0.180. The first kappa shape index (κ1) is 8.82. The van der Waals surface area contributed by atoms with E-state index < -0.39 is 18.9 Å². The van der Waals surface area contributed by atoms with E-state index in [1.165, 1.54) is 0 Å². The van der Waals surface area contributed by atoms with Crippen LogP contribution in [0.2, 0.25) is 0 Å². The molecule has 0 aromatic rings. The Morgan fingerprint density at radius 2 is 2.11 bits per heavy atom. The zero-order valence-corrected chi connectivity index (χ0v) is 5.61. The van der Waals surface area contributed by atoms with Gasteiger partial charge in [-0.2, -0.15) is 0 Å². The van der Waals surface area contributed by atoms with Gasteiger partial charge >= 0.3 is 0 Å². The first-order chi connectivity index (χ1) is 4.22. The molecule has 0 spiro atoms. The molecule has 0 saturated carbocycles. The molecule has 1 nitrogen and oxygen atoms in total. The molecule has 0 radical (unpaired) electrons. The summed E-state index contributed by atoms with van der Waals surface area (Å²) in [5.74, 6) is 0. The molecule has 0 aromatic carbocycles. The number of alkyl halides is 2. The molecule has 0 fully saturated rings. The maximum absolute atomic E-state index is 12.4. The van der Waals surface area contributed by atoms with E-state index in [1.807, 2.05) is 6.92 Å². The summed E-state index contributed by atoms with van der Waals surface area (Å²) in [4.78, 5) is 0. The van der Waals surface area contributed by atoms with Gasteiger partial charge in [-0.3, -0.25) is 0 Å². The molecule has 0 aromatic heterocycles. The third kappa shape index (κ3) is 3.40. The van der Waals surface area contributed by atoms with Crippen molar-refractivity contribution in [3.63, 3.8) is 0 Å². The highest BCUT2D eigenvalue weighted by Crippen LogP contribution is 2.04. The maximum atomic E-state index is 12.4. The van der Waals surface area contributed by atoms with E-state index in [9.17, 15) is 8.78 Å². The van der Waals surface area contributed by atoms with Gasteiger partial charge in [-0.05, 0) is 6.42 Å². The lowest BCUT2D eigenvalue weighted by Crippen LogP contribution is -2.33. The topological polar surface area (TPSA) is 26.0 Å². The van der Waals surface area contributed by atoms with Crippen molar-refractivity contribution >= 4 is 0 Å². The Bertz CT molecular complexity index is 68.1. The van der Waals surface area contributed by atoms with Crippen molar-refractivity contribution in [2.75, 3.05) is 6.67 Å². The number of nitrogens with two attached hydrogens (primary N) is 1. The Morgan fingerprint density at radius 3 is 2.44 bits per heavy atom. The van der Waals surface area contributed by atoms with Crippen LogP contribution >= 0.6 is 0 Å². The molecular weight excluding hydrogens is 124 g/mol. The number of rotatable bonds is 4. The van der Waals surface area contributed by atoms with Gasteiger partial charge < -0.3 is 5.73 Å². The average Bonchev–Trinajstić information content (AvgIpc) is 1.87. The van der Waals surface area contributed by atoms with Crippen LogP contribution in [0.4, 0.5) is 8.78 Å². The predicted octanol–water partition coefficient (Wildman–Crippen LogP) is 1.42. The van der Waals surface area contributed by atoms with Crippen LogP contribution in [0.15, 0.2) is 0 Å². The lowest BCUT2D eigenvalue weighted by Gasteiger charge is -2.10. The quantitative estimate of drug-likeness (QED) is 0.623. The standard InChI is InChI=1S/C6H13F2N/c1-2-3-5(8)6(9)4-7/h5-6H,2-4,9H2,1H3. The summed E-state index contributed by atoms with van der Waals surface area (Å²) in [6.45, 7) is 1.08. The van der Waals surface area contributed by atoms with E-state index in [-0.39, 0.29) is 0 Å². The fraction of sp³-hybridized carbons (Fsp3) is 1.00. The fourth-order valence-corrected chi connectivity index (χ4v) is 0.587. The smallest absolute Gasteiger partial charge is 0.118 e. The van der Waals surface area contributed by atoms with Gasteiger partial charge in [-0.1, -0.05) is 13.3 Å². The van der Waals surface area contributed by atoms with E-state index in [0.717, 1.165) is 6.42 Å². The molecule has 9 heavy (non-hydrogen) atoms. The predicted molar refractivity (Wildman–Crippen MR) is 33.8 cm³/mol. The number of hydrogen-bond donors (Lipinski definition) is 1. The summed E-state index contributed by atoms with van der Waals surface area (Å²) in [5, 5.41) is 0. The normalized spacial score (nSPS) is 17.3. The zero-order valence-electron chi connectivity index (χ0n) is 5.61. The third-order valence-electron chi connectivity index (χ3n) is 1.21. The Morgan fingerprint density at radius 1 is 1.56 bits per heavy atom. The molecule has 0 heterocycles. The molecule has 3 heteroatoms. The molecule has 0 amide bonds. The molecule has 0 aliphatic carbocycles. The van der Waals surface area contributed by atoms with Gasteiger partial charge in [0.25, 0.3) is 0 Å². The molecule has 0 aliphatic rings. The monoisotopic (exact) mass is 137 g/mol. The summed E-state index contributed by atoms with van der Waals surface area (Å²) in [5.41, 5.74) is 5.05. The summed E-state index contributed by atoms with van der Waals surface area (Å²) in [7, 11) is 0. The van der Waals surface area contributed by atoms with Crippen LogP contribution in [0.25, 0.3) is 0 Å². The van der Waals surface area contributed by atoms with Crippen LogP contribution in [0.3, 0.4) is 0 Å². The largest absolute Gasteiger partial charge is 0.323 e. The highest BCUT2D eigenvalue weighted by molar-refractivity contribution is 4.69. The van der Waals surface area contributed by atoms with Crippen LogP contribution in [0, 0.1) is 0 Å². The summed E-state index contributed by atoms with van der Waals surface area (Å²) in [6.07, 6.45) is -0.0834. The van der Waals surface area contributed by atoms with Crippen molar-refractivity contribution < 1.29 is 8.78 Å². The molecule has 2 N–H and O–H groups in total. The van der Waals surface area contributed by atoms with Gasteiger partial charge in [0.2, 0.25) is 0 Å². The second-order valence-corrected chi connectivity index (χ2v) is 2.12. The van der Waals surface area contributed by atoms with Gasteiger partial charge in [-0.15, -0.1) is 0 Å². The van der Waals surface area contributed by atoms with E-state index in [2.05, 4.69) is 0 Å². The minimum Gasteiger partial charge on any atom is -0.323 e. The van der Waals surface area contributed by atoms with Crippen molar-refractivity contribution in [2.24, 2.45) is 5.73 Å². The average molecular weight is 137 g/mol. The molecule has 0 rings (SSSR count). The SMILES string of the molecule is CCCC(F)C(N)CF. The Kier molecular flexibility index (Phi) is 4.58. The van der Waals surface area contributed by atoms with E-state index in [0.29, 0.717) is 6.42 Å². The first-order valence-corrected chi connectivity index (χ1v) is 3.18. The van der Waals surface area contributed by atoms with Crippen molar-refractivity contribution in [3.8, 4) is 0 Å². The second kappa shape index (κ2) is 4.68. The van der Waals surface area contributed by atoms with Crippen LogP contribution in [0.5, 0.6) is 0 Å². The number of halogens is 2. The molecule has 2 unspecified atom stereocenters. The first-order valence-electron chi connectivity index (χ1n) is 3.18. The van der Waals surface area contributed by atoms with Crippen molar-refractivity contribution in [1.82, 2.24) is 0 Å². The van der Waals surface area contributed by atoms with E-state index >= 15 is 0 Å². The second-order valence-electron chi connectivity index (χ2n) is 2.12. The maximum Gasteiger partial charge on any atom is 0.118 e. The zero-order chi connectivity index (χ0) is 7.28. The van der Waals surface area contributed by atoms with Crippen LogP contribution < -0.4 is 5.73 Å². The molecule has 0 aliphatic heterocycles. The van der Waals surface area contributed by atoms with Gasteiger partial charge in [-0.25, -0.2) is 8.78 Å². The molecular formula is C6H13F2N. The lowest BCUT2D eigenvalue weighted by molar-refractivity contribution is 0.232. The fourth-order valence-electron chi connectivity index (χ4n) is 0.587. The molecule has 2 atom stereocenters. The molecule has 0 bridgehead atoms.